The summed E-state index contributed by atoms with van der Waals surface area (Å²) in [6.45, 7) is 4.04. The number of rotatable bonds is 2. The van der Waals surface area contributed by atoms with Gasteiger partial charge in [-0.15, -0.1) is 0 Å². The molecule has 4 atom stereocenters. The third-order valence-electron chi connectivity index (χ3n) is 8.17. The molecule has 1 spiro atoms. The second-order valence-corrected chi connectivity index (χ2v) is 11.3. The average molecular weight is 545 g/mol. The molecule has 1 aromatic heterocycles. The SMILES string of the molecule is CC(C)[C@@H]1N[C@]2(c3ccccc3-n3c2nc2ccccc2c3=O)[C@H]2C(=O)N(c3ccc(Cl)cc3Cl)C(=O)[C@@H]12. The van der Waals surface area contributed by atoms with E-state index in [-0.39, 0.29) is 34.4 Å². The van der Waals surface area contributed by atoms with E-state index in [9.17, 15) is 14.4 Å². The van der Waals surface area contributed by atoms with E-state index in [1.807, 2.05) is 44.2 Å². The quantitative estimate of drug-likeness (QED) is 0.370. The molecule has 3 aliphatic heterocycles. The van der Waals surface area contributed by atoms with Gasteiger partial charge in [-0.25, -0.2) is 9.88 Å². The lowest BCUT2D eigenvalue weighted by atomic mass is 9.75. The van der Waals surface area contributed by atoms with Crippen LogP contribution in [-0.2, 0) is 15.1 Å². The number of amides is 2. The number of hydrogen-bond acceptors (Lipinski definition) is 5. The Hall–Kier alpha value is -3.52. The van der Waals surface area contributed by atoms with E-state index in [1.165, 1.54) is 11.0 Å². The van der Waals surface area contributed by atoms with E-state index in [4.69, 9.17) is 28.2 Å². The molecule has 4 heterocycles. The van der Waals surface area contributed by atoms with Gasteiger partial charge in [-0.1, -0.05) is 67.4 Å². The number of fused-ring (bicyclic) bond motifs is 8. The van der Waals surface area contributed by atoms with E-state index in [0.29, 0.717) is 33.1 Å². The maximum absolute atomic E-state index is 14.4. The zero-order valence-corrected chi connectivity index (χ0v) is 22.0. The number of carbonyl (C=O) groups excluding carboxylic acids is 2. The molecular weight excluding hydrogens is 523 g/mol. The van der Waals surface area contributed by atoms with Gasteiger partial charge in [0.25, 0.3) is 5.56 Å². The molecule has 2 amide bonds. The second-order valence-electron chi connectivity index (χ2n) is 10.4. The summed E-state index contributed by atoms with van der Waals surface area (Å²) in [5, 5.41) is 4.80. The van der Waals surface area contributed by atoms with Crippen LogP contribution in [0.2, 0.25) is 10.0 Å². The van der Waals surface area contributed by atoms with Crippen LogP contribution >= 0.6 is 23.2 Å². The smallest absolute Gasteiger partial charge is 0.266 e. The maximum atomic E-state index is 14.4. The first-order valence-electron chi connectivity index (χ1n) is 12.5. The predicted octanol–water partition coefficient (Wildman–Crippen LogP) is 4.68. The first-order valence-corrected chi connectivity index (χ1v) is 13.2. The van der Waals surface area contributed by atoms with E-state index < -0.39 is 17.4 Å². The third-order valence-corrected chi connectivity index (χ3v) is 8.70. The molecule has 0 radical (unpaired) electrons. The first kappa shape index (κ1) is 23.6. The maximum Gasteiger partial charge on any atom is 0.266 e. The standard InChI is InChI=1S/C29H22Cl2N4O3/c1-14(2)24-22-23(27(38)34(26(22)37)21-12-11-15(30)13-18(21)31)29(33-24)17-8-4-6-10-20(17)35-25(36)16-7-3-5-9-19(16)32-28(29)35/h3-14,22-24,33H,1-2H3/t22-,23-,24+,29-/m1/s1. The summed E-state index contributed by atoms with van der Waals surface area (Å²) in [5.74, 6) is -1.80. The molecule has 4 aromatic rings. The Labute approximate surface area is 228 Å². The van der Waals surface area contributed by atoms with Crippen molar-refractivity contribution in [2.75, 3.05) is 4.90 Å². The fourth-order valence-electron chi connectivity index (χ4n) is 6.62. The van der Waals surface area contributed by atoms with Gasteiger partial charge in [-0.05, 0) is 42.3 Å². The lowest BCUT2D eigenvalue weighted by Crippen LogP contribution is -2.51. The van der Waals surface area contributed by atoms with Crippen LogP contribution in [0.15, 0.2) is 71.5 Å². The van der Waals surface area contributed by atoms with Crippen LogP contribution in [0.4, 0.5) is 5.69 Å². The molecule has 0 aliphatic carbocycles. The Balaban J connectivity index is 1.53. The van der Waals surface area contributed by atoms with Crippen molar-refractivity contribution in [1.82, 2.24) is 14.9 Å². The Bertz CT molecular complexity index is 1770. The molecule has 2 saturated heterocycles. The second kappa shape index (κ2) is 7.99. The van der Waals surface area contributed by atoms with Crippen molar-refractivity contribution in [3.05, 3.63) is 98.5 Å². The van der Waals surface area contributed by atoms with Gasteiger partial charge in [0.05, 0.1) is 39.1 Å². The van der Waals surface area contributed by atoms with Crippen LogP contribution in [0.1, 0.15) is 25.2 Å². The fraction of sp³-hybridized carbons (Fsp3) is 0.241. The highest BCUT2D eigenvalue weighted by atomic mass is 35.5. The lowest BCUT2D eigenvalue weighted by molar-refractivity contribution is -0.123. The minimum atomic E-state index is -1.18. The molecule has 7 rings (SSSR count). The molecule has 38 heavy (non-hydrogen) atoms. The topological polar surface area (TPSA) is 84.3 Å². The molecule has 9 heteroatoms. The Kier molecular flexibility index (Phi) is 4.96. The Morgan fingerprint density at radius 2 is 1.66 bits per heavy atom. The molecule has 0 bridgehead atoms. The Morgan fingerprint density at radius 3 is 2.42 bits per heavy atom. The van der Waals surface area contributed by atoms with E-state index in [2.05, 4.69) is 5.32 Å². The summed E-state index contributed by atoms with van der Waals surface area (Å²) in [5.41, 5.74) is 0.855. The minimum Gasteiger partial charge on any atom is -0.296 e. The summed E-state index contributed by atoms with van der Waals surface area (Å²) in [6.07, 6.45) is 0. The summed E-state index contributed by atoms with van der Waals surface area (Å²) in [7, 11) is 0. The van der Waals surface area contributed by atoms with Crippen molar-refractivity contribution < 1.29 is 9.59 Å². The minimum absolute atomic E-state index is 0.00709. The number of aromatic nitrogens is 2. The van der Waals surface area contributed by atoms with Crippen molar-refractivity contribution in [3.63, 3.8) is 0 Å². The molecule has 0 unspecified atom stereocenters. The van der Waals surface area contributed by atoms with Crippen LogP contribution in [0.25, 0.3) is 16.6 Å². The van der Waals surface area contributed by atoms with Crippen LogP contribution in [0, 0.1) is 17.8 Å². The van der Waals surface area contributed by atoms with Crippen molar-refractivity contribution >= 4 is 51.6 Å². The predicted molar refractivity (Wildman–Crippen MR) is 146 cm³/mol. The highest BCUT2D eigenvalue weighted by Gasteiger charge is 2.70. The van der Waals surface area contributed by atoms with E-state index in [1.54, 1.807) is 34.9 Å². The number of para-hydroxylation sites is 2. The van der Waals surface area contributed by atoms with Crippen molar-refractivity contribution in [2.24, 2.45) is 17.8 Å². The normalized spacial score (nSPS) is 25.5. The fourth-order valence-corrected chi connectivity index (χ4v) is 7.12. The number of halogens is 2. The van der Waals surface area contributed by atoms with Crippen LogP contribution in [0.5, 0.6) is 0 Å². The molecule has 3 aromatic carbocycles. The average Bonchev–Trinajstić information content (AvgIpc) is 3.49. The van der Waals surface area contributed by atoms with Crippen molar-refractivity contribution in [3.8, 4) is 5.69 Å². The van der Waals surface area contributed by atoms with E-state index in [0.717, 1.165) is 5.56 Å². The summed E-state index contributed by atoms with van der Waals surface area (Å²) in [4.78, 5) is 48.5. The first-order chi connectivity index (χ1) is 18.3. The highest BCUT2D eigenvalue weighted by Crippen LogP contribution is 2.56. The number of nitrogens with one attached hydrogen (secondary N) is 1. The summed E-state index contributed by atoms with van der Waals surface area (Å²) >= 11 is 12.6. The van der Waals surface area contributed by atoms with Crippen molar-refractivity contribution in [2.45, 2.75) is 25.4 Å². The number of nitrogens with zero attached hydrogens (tertiary/aromatic N) is 3. The lowest BCUT2D eigenvalue weighted by Gasteiger charge is -2.32. The molecule has 1 N–H and O–H groups in total. The summed E-state index contributed by atoms with van der Waals surface area (Å²) in [6, 6.07) is 19.1. The van der Waals surface area contributed by atoms with Gasteiger partial charge >= 0.3 is 0 Å². The van der Waals surface area contributed by atoms with Crippen LogP contribution in [-0.4, -0.2) is 27.4 Å². The molecule has 2 fully saturated rings. The molecule has 7 nitrogen and oxygen atoms in total. The zero-order chi connectivity index (χ0) is 26.5. The Morgan fingerprint density at radius 1 is 0.921 bits per heavy atom. The van der Waals surface area contributed by atoms with Gasteiger partial charge in [0.15, 0.2) is 0 Å². The molecule has 0 saturated carbocycles. The summed E-state index contributed by atoms with van der Waals surface area (Å²) < 4.78 is 1.60. The third kappa shape index (κ3) is 2.84. The number of anilines is 1. The largest absolute Gasteiger partial charge is 0.296 e. The van der Waals surface area contributed by atoms with Gasteiger partial charge in [-0.3, -0.25) is 24.3 Å². The van der Waals surface area contributed by atoms with Crippen LogP contribution < -0.4 is 15.8 Å². The van der Waals surface area contributed by atoms with Crippen LogP contribution in [0.3, 0.4) is 0 Å². The van der Waals surface area contributed by atoms with Crippen molar-refractivity contribution in [1.29, 1.82) is 0 Å². The van der Waals surface area contributed by atoms with Gasteiger partial charge in [0, 0.05) is 16.6 Å². The molecule has 3 aliphatic rings. The number of hydrogen-bond donors (Lipinski definition) is 1. The molecular formula is C29H22Cl2N4O3. The zero-order valence-electron chi connectivity index (χ0n) is 20.5. The number of carbonyl (C=O) groups is 2. The van der Waals surface area contributed by atoms with E-state index >= 15 is 0 Å². The van der Waals surface area contributed by atoms with Gasteiger partial charge < -0.3 is 0 Å². The number of benzene rings is 3. The van der Waals surface area contributed by atoms with Gasteiger partial charge in [0.2, 0.25) is 11.8 Å². The number of imide groups is 1. The van der Waals surface area contributed by atoms with Gasteiger partial charge in [0.1, 0.15) is 11.4 Å². The highest BCUT2D eigenvalue weighted by molar-refractivity contribution is 6.38. The monoisotopic (exact) mass is 544 g/mol. The molecule has 190 valence electrons. The van der Waals surface area contributed by atoms with Gasteiger partial charge in [-0.2, -0.15) is 0 Å².